The first-order valence-electron chi connectivity index (χ1n) is 12.6. The summed E-state index contributed by atoms with van der Waals surface area (Å²) in [7, 11) is -11.9. The van der Waals surface area contributed by atoms with Crippen LogP contribution in [0.1, 0.15) is 6.23 Å². The second-order valence-electron chi connectivity index (χ2n) is 9.83. The van der Waals surface area contributed by atoms with Crippen LogP contribution < -0.4 is 21.1 Å². The van der Waals surface area contributed by atoms with E-state index in [1.807, 2.05) is 0 Å². The Morgan fingerprint density at radius 1 is 0.933 bits per heavy atom. The fourth-order valence-electron chi connectivity index (χ4n) is 4.63. The molecule has 11 unspecified atom stereocenters. The molecule has 45 heavy (non-hydrogen) atoms. The Labute approximate surface area is 249 Å². The summed E-state index contributed by atoms with van der Waals surface area (Å²) >= 11 is 0. The number of aliphatic hydroxyl groups excluding tert-OH is 5. The van der Waals surface area contributed by atoms with Gasteiger partial charge in [-0.3, -0.25) is 42.5 Å². The number of nitrogens with two attached hydrogens (primary N) is 1. The molecule has 2 amide bonds. The van der Waals surface area contributed by atoms with Crippen LogP contribution in [-0.4, -0.2) is 124 Å². The van der Waals surface area contributed by atoms with Crippen molar-refractivity contribution in [3.8, 4) is 0 Å². The number of rotatable bonds is 10. The molecule has 0 aliphatic carbocycles. The van der Waals surface area contributed by atoms with Gasteiger partial charge in [-0.15, -0.1) is 0 Å². The van der Waals surface area contributed by atoms with Gasteiger partial charge in [-0.05, 0) is 0 Å². The van der Waals surface area contributed by atoms with Crippen LogP contribution in [0.15, 0.2) is 23.3 Å². The van der Waals surface area contributed by atoms with Gasteiger partial charge in [-0.2, -0.15) is 4.98 Å². The zero-order valence-corrected chi connectivity index (χ0v) is 24.0. The maximum atomic E-state index is 12.4. The van der Waals surface area contributed by atoms with Crippen molar-refractivity contribution in [2.24, 2.45) is 0 Å². The van der Waals surface area contributed by atoms with Crippen LogP contribution in [0, 0.1) is 0 Å². The van der Waals surface area contributed by atoms with Crippen molar-refractivity contribution in [2.75, 3.05) is 18.9 Å². The van der Waals surface area contributed by atoms with E-state index < -0.39 is 101 Å². The molecule has 3 aliphatic rings. The normalized spacial score (nSPS) is 34.8. The molecule has 2 aromatic rings. The third kappa shape index (κ3) is 6.77. The standard InChI is InChI=1S/C20H26N6O17P2/c21-20-23-16-10(17(34)24-20)22-5-26(16)18-14(32)12(30)7(40-18)4-39-44(35,36)43-45(37,38)42-19-15(33)13(31)11(29)6(41-19)3-25-8(27)1-2-9(25)28/h1-2,5-7,11-15,18-19,29-33H,3-4H2,(H,35,36)(H,37,38)(H3,21,23,24,34)/p-2. The Bertz CT molecular complexity index is 1650. The van der Waals surface area contributed by atoms with E-state index in [9.17, 15) is 58.8 Å². The maximum absolute atomic E-state index is 12.4. The van der Waals surface area contributed by atoms with Crippen LogP contribution in [0.25, 0.3) is 11.2 Å². The summed E-state index contributed by atoms with van der Waals surface area (Å²) in [4.78, 5) is 70.8. The molecule has 25 heteroatoms. The number of nitrogens with one attached hydrogen (secondary N) is 1. The van der Waals surface area contributed by atoms with Crippen molar-refractivity contribution >= 4 is 44.6 Å². The predicted molar refractivity (Wildman–Crippen MR) is 134 cm³/mol. The molecule has 0 spiro atoms. The number of carbonyl (C=O) groups excluding carboxylic acids is 2. The second-order valence-corrected chi connectivity index (χ2v) is 12.7. The first kappa shape index (κ1) is 33.4. The number of hydrogen-bond donors (Lipinski definition) is 7. The minimum atomic E-state index is -6.04. The lowest BCUT2D eigenvalue weighted by Crippen LogP contribution is -2.61. The maximum Gasteiger partial charge on any atom is 0.280 e. The summed E-state index contributed by atoms with van der Waals surface area (Å²) in [6.07, 6.45) is -14.4. The summed E-state index contributed by atoms with van der Waals surface area (Å²) in [6, 6.07) is 0. The highest BCUT2D eigenvalue weighted by atomic mass is 31.3. The quantitative estimate of drug-likeness (QED) is 0.0905. The number of phosphoric acid groups is 2. The van der Waals surface area contributed by atoms with Crippen LogP contribution in [0.3, 0.4) is 0 Å². The van der Waals surface area contributed by atoms with Gasteiger partial charge in [0.15, 0.2) is 23.7 Å². The van der Waals surface area contributed by atoms with Crippen molar-refractivity contribution in [1.82, 2.24) is 24.4 Å². The van der Waals surface area contributed by atoms with Gasteiger partial charge in [-0.1, -0.05) is 0 Å². The summed E-state index contributed by atoms with van der Waals surface area (Å²) < 4.78 is 49.1. The highest BCUT2D eigenvalue weighted by Gasteiger charge is 2.48. The number of ether oxygens (including phenoxy) is 2. The van der Waals surface area contributed by atoms with Crippen LogP contribution in [0.2, 0.25) is 0 Å². The fraction of sp³-hybridized carbons (Fsp3) is 0.550. The van der Waals surface area contributed by atoms with Crippen LogP contribution in [0.5, 0.6) is 0 Å². The molecule has 2 fully saturated rings. The van der Waals surface area contributed by atoms with Gasteiger partial charge < -0.3 is 55.1 Å². The van der Waals surface area contributed by atoms with Crippen molar-refractivity contribution in [3.63, 3.8) is 0 Å². The zero-order chi connectivity index (χ0) is 33.0. The van der Waals surface area contributed by atoms with E-state index in [0.717, 1.165) is 23.0 Å². The van der Waals surface area contributed by atoms with Gasteiger partial charge in [0.2, 0.25) is 5.95 Å². The average molecular weight is 682 g/mol. The van der Waals surface area contributed by atoms with Gasteiger partial charge in [0.1, 0.15) is 42.7 Å². The molecule has 0 bridgehead atoms. The first-order chi connectivity index (χ1) is 21.0. The molecule has 5 heterocycles. The molecule has 3 aliphatic heterocycles. The lowest BCUT2D eigenvalue weighted by molar-refractivity contribution is -0.302. The van der Waals surface area contributed by atoms with Crippen molar-refractivity contribution < 1.29 is 76.9 Å². The molecule has 2 saturated heterocycles. The molecule has 23 nitrogen and oxygen atoms in total. The molecule has 248 valence electrons. The summed E-state index contributed by atoms with van der Waals surface area (Å²) in [6.45, 7) is -1.84. The molecule has 2 aromatic heterocycles. The Morgan fingerprint density at radius 3 is 2.24 bits per heavy atom. The highest BCUT2D eigenvalue weighted by molar-refractivity contribution is 7.59. The molecule has 0 aromatic carbocycles. The van der Waals surface area contributed by atoms with Crippen molar-refractivity contribution in [3.05, 3.63) is 28.8 Å². The SMILES string of the molecule is Nc1nc2c(ncn2C2OC(COP(=O)([O-])OP(=O)([O-])OC3OC(CN4C(=O)C=CC4=O)C(O)C(O)C3O)C(O)C2O)c(=O)[nH]1. The third-order valence-corrected chi connectivity index (χ3v) is 9.35. The number of amides is 2. The molecule has 8 N–H and O–H groups in total. The van der Waals surface area contributed by atoms with E-state index in [-0.39, 0.29) is 17.1 Å². The monoisotopic (exact) mass is 682 g/mol. The number of fused-ring (bicyclic) bond motifs is 1. The van der Waals surface area contributed by atoms with Gasteiger partial charge in [0.25, 0.3) is 33.0 Å². The van der Waals surface area contributed by atoms with Crippen molar-refractivity contribution in [2.45, 2.75) is 55.2 Å². The molecular formula is C20H24N6O17P2-2. The van der Waals surface area contributed by atoms with Gasteiger partial charge >= 0.3 is 0 Å². The smallest absolute Gasteiger partial charge is 0.280 e. The summed E-state index contributed by atoms with van der Waals surface area (Å²) in [5.74, 6) is -1.94. The summed E-state index contributed by atoms with van der Waals surface area (Å²) in [5, 5.41) is 51.3. The van der Waals surface area contributed by atoms with Gasteiger partial charge in [-0.25, -0.2) is 9.29 Å². The molecular weight excluding hydrogens is 658 g/mol. The number of nitrogens with zero attached hydrogens (tertiary/aromatic N) is 4. The number of carbonyl (C=O) groups is 2. The molecule has 11 atom stereocenters. The third-order valence-electron chi connectivity index (χ3n) is 6.82. The number of aliphatic hydroxyl groups is 5. The van der Waals surface area contributed by atoms with Crippen molar-refractivity contribution in [1.29, 1.82) is 0 Å². The topological polar surface area (TPSA) is 355 Å². The van der Waals surface area contributed by atoms with Gasteiger partial charge in [0.05, 0.1) is 19.5 Å². The van der Waals surface area contributed by atoms with E-state index in [4.69, 9.17) is 15.2 Å². The minimum Gasteiger partial charge on any atom is -0.756 e. The largest absolute Gasteiger partial charge is 0.756 e. The van der Waals surface area contributed by atoms with E-state index in [0.29, 0.717) is 4.90 Å². The van der Waals surface area contributed by atoms with Crippen LogP contribution >= 0.6 is 15.6 Å². The number of imide groups is 1. The molecule has 0 radical (unpaired) electrons. The summed E-state index contributed by atoms with van der Waals surface area (Å²) in [5.41, 5.74) is 4.45. The van der Waals surface area contributed by atoms with Gasteiger partial charge in [0, 0.05) is 12.2 Å². The highest BCUT2D eigenvalue weighted by Crippen LogP contribution is 2.57. The molecule has 5 rings (SSSR count). The number of anilines is 1. The van der Waals surface area contributed by atoms with E-state index in [1.54, 1.807) is 0 Å². The Hall–Kier alpha value is -2.99. The van der Waals surface area contributed by atoms with E-state index in [1.165, 1.54) is 0 Å². The van der Waals surface area contributed by atoms with Crippen LogP contribution in [-0.2, 0) is 41.6 Å². The number of nitrogen functional groups attached to an aromatic ring is 1. The Balaban J connectivity index is 1.21. The lowest BCUT2D eigenvalue weighted by atomic mass is 9.98. The number of imidazole rings is 1. The zero-order valence-electron chi connectivity index (χ0n) is 22.2. The number of aromatic amines is 1. The number of H-pyrrole nitrogens is 1. The number of aromatic nitrogens is 4. The van der Waals surface area contributed by atoms with Crippen LogP contribution in [0.4, 0.5) is 5.95 Å². The first-order valence-corrected chi connectivity index (χ1v) is 15.5. The number of hydrogen-bond acceptors (Lipinski definition) is 20. The average Bonchev–Trinajstić information content (AvgIpc) is 3.59. The number of phosphoric ester groups is 2. The Morgan fingerprint density at radius 2 is 1.58 bits per heavy atom. The predicted octanol–water partition coefficient (Wildman–Crippen LogP) is -5.96. The fourth-order valence-corrected chi connectivity index (χ4v) is 6.71. The molecule has 0 saturated carbocycles. The second kappa shape index (κ2) is 12.3. The van der Waals surface area contributed by atoms with E-state index >= 15 is 0 Å². The Kier molecular flexibility index (Phi) is 9.13. The minimum absolute atomic E-state index is 0.154. The van der Waals surface area contributed by atoms with E-state index in [2.05, 4.69) is 28.3 Å². The lowest BCUT2D eigenvalue weighted by Gasteiger charge is -2.43.